The predicted octanol–water partition coefficient (Wildman–Crippen LogP) is -2.89. The smallest absolute Gasteiger partial charge is 0.321 e. The van der Waals surface area contributed by atoms with Gasteiger partial charge in [-0.05, 0) is 36.8 Å². The van der Waals surface area contributed by atoms with Crippen LogP contribution < -0.4 is 15.0 Å². The van der Waals surface area contributed by atoms with Crippen LogP contribution in [0.25, 0.3) is 0 Å². The third-order valence-electron chi connectivity index (χ3n) is 8.94. The highest BCUT2D eigenvalue weighted by atomic mass is 35.5. The number of nitrogens with one attached hydrogen (secondary N) is 1. The number of fused-ring (bicyclic) bond motifs is 2. The van der Waals surface area contributed by atoms with E-state index in [-0.39, 0.29) is 21.3 Å². The van der Waals surface area contributed by atoms with Crippen molar-refractivity contribution in [1.29, 1.82) is 0 Å². The molecule has 0 amide bonds. The second-order valence-corrected chi connectivity index (χ2v) is 13.6. The topological polar surface area (TPSA) is 94.1 Å². The van der Waals surface area contributed by atoms with E-state index >= 15 is 0 Å². The molecule has 5 rings (SSSR count). The van der Waals surface area contributed by atoms with Crippen LogP contribution in [0.3, 0.4) is 0 Å². The molecule has 0 spiro atoms. The van der Waals surface area contributed by atoms with Gasteiger partial charge in [-0.15, -0.1) is 10.2 Å². The van der Waals surface area contributed by atoms with Crippen molar-refractivity contribution in [3.63, 3.8) is 0 Å². The molecular formula is C21H32B7ClFN7O2. The van der Waals surface area contributed by atoms with E-state index in [4.69, 9.17) is 30.8 Å². The second-order valence-electron chi connectivity index (χ2n) is 13.2. The molecule has 2 aromatic heterocycles. The summed E-state index contributed by atoms with van der Waals surface area (Å²) < 4.78 is 27.7. The number of benzene rings is 1. The zero-order valence-electron chi connectivity index (χ0n) is 24.0. The first-order valence-corrected chi connectivity index (χ1v) is 14.0. The normalized spacial score (nSPS) is 21.7. The van der Waals surface area contributed by atoms with Crippen LogP contribution in [0.2, 0.25) is 15.2 Å². The molecular weight excluding hydrogens is 512 g/mol. The molecule has 1 saturated heterocycles. The third kappa shape index (κ3) is 5.11. The summed E-state index contributed by atoms with van der Waals surface area (Å²) in [6.07, 6.45) is 2.21. The minimum absolute atomic E-state index is 0.00825. The molecule has 0 unspecified atom stereocenters. The molecule has 18 heteroatoms. The Morgan fingerprint density at radius 2 is 1.69 bits per heavy atom. The maximum Gasteiger partial charge on any atom is 0.321 e. The highest BCUT2D eigenvalue weighted by Gasteiger charge is 2.50. The van der Waals surface area contributed by atoms with E-state index in [9.17, 15) is 4.39 Å². The Labute approximate surface area is 240 Å². The molecule has 1 aliphatic heterocycles. The van der Waals surface area contributed by atoms with E-state index in [1.165, 1.54) is 12.1 Å². The van der Waals surface area contributed by atoms with Crippen molar-refractivity contribution in [2.45, 2.75) is 41.5 Å². The number of piperidine rings is 1. The van der Waals surface area contributed by atoms with Gasteiger partial charge in [-0.3, -0.25) is 0 Å². The zero-order chi connectivity index (χ0) is 28.3. The number of nitrogens with zero attached hydrogens (tertiary/aromatic N) is 6. The molecule has 3 atom stereocenters. The Morgan fingerprint density at radius 1 is 1.05 bits per heavy atom. The van der Waals surface area contributed by atoms with E-state index in [0.29, 0.717) is 41.4 Å². The van der Waals surface area contributed by atoms with Crippen molar-refractivity contribution in [2.75, 3.05) is 23.3 Å². The van der Waals surface area contributed by atoms with Gasteiger partial charge in [0.05, 0.1) is 52.1 Å². The van der Waals surface area contributed by atoms with Crippen molar-refractivity contribution < 1.29 is 13.5 Å². The molecule has 9 nitrogen and oxygen atoms in total. The van der Waals surface area contributed by atoms with Gasteiger partial charge < -0.3 is 19.4 Å². The first kappa shape index (κ1) is 28.1. The van der Waals surface area contributed by atoms with Gasteiger partial charge in [0.25, 0.3) is 0 Å². The summed E-state index contributed by atoms with van der Waals surface area (Å²) in [4.78, 5) is 7.04. The summed E-state index contributed by atoms with van der Waals surface area (Å²) in [5, 5.41) is 16.5. The van der Waals surface area contributed by atoms with Crippen molar-refractivity contribution in [3.8, 4) is 11.8 Å². The van der Waals surface area contributed by atoms with E-state index in [2.05, 4.69) is 75.3 Å². The van der Waals surface area contributed by atoms with Crippen LogP contribution in [-0.2, 0) is 5.44 Å². The first-order valence-electron chi connectivity index (χ1n) is 13.6. The van der Waals surface area contributed by atoms with Gasteiger partial charge in [0.1, 0.15) is 19.4 Å². The SMILES string of the molecule is BC(B)(B)C(B)(n1nc(N[C@@H]2[C@@H]3CC[C@H]2CN(c2nnc(C)o2)C3)nc1Oc1ccc(F)c(Cl)c1)C(B)(B)B. The Hall–Kier alpha value is -2.43. The van der Waals surface area contributed by atoms with Gasteiger partial charge in [-0.2, -0.15) is 4.98 Å². The quantitative estimate of drug-likeness (QED) is 0.302. The lowest BCUT2D eigenvalue weighted by Crippen LogP contribution is -2.57. The Kier molecular flexibility index (Phi) is 7.13. The van der Waals surface area contributed by atoms with Crippen LogP contribution in [0.4, 0.5) is 16.4 Å². The summed E-state index contributed by atoms with van der Waals surface area (Å²) >= 11 is 6.06. The largest absolute Gasteiger partial charge is 0.424 e. The molecule has 3 heterocycles. The van der Waals surface area contributed by atoms with Crippen molar-refractivity contribution in [1.82, 2.24) is 25.0 Å². The zero-order valence-corrected chi connectivity index (χ0v) is 24.8. The number of aryl methyl sites for hydroxylation is 1. The fraction of sp³-hybridized carbons (Fsp3) is 0.524. The minimum Gasteiger partial charge on any atom is -0.424 e. The molecule has 1 N–H and O–H groups in total. The van der Waals surface area contributed by atoms with E-state index < -0.39 is 11.3 Å². The second kappa shape index (κ2) is 9.89. The molecule has 2 fully saturated rings. The van der Waals surface area contributed by atoms with E-state index in [0.717, 1.165) is 25.9 Å². The van der Waals surface area contributed by atoms with Crippen molar-refractivity contribution in [3.05, 3.63) is 34.9 Å². The maximum atomic E-state index is 13.9. The van der Waals surface area contributed by atoms with Gasteiger partial charge >= 0.3 is 12.0 Å². The standard InChI is InChI=1S/C21H32B7ClFN7O2/c1-9-33-34-18(38-9)36-7-10-2-3-11(8-36)15(10)31-16-32-17(39-12-4-5-14(30)13(29)6-12)37(35-16)19(22,20(23,24)25)21(26,27)28/h4-6,10-11,15H,2-3,7-8,22-28H2,1H3,(H,31,35)/t10-,11+,15-. The lowest BCUT2D eigenvalue weighted by atomic mass is 9.18. The molecule has 1 aliphatic carbocycles. The van der Waals surface area contributed by atoms with Crippen LogP contribution in [0.15, 0.2) is 22.6 Å². The molecule has 1 saturated carbocycles. The highest BCUT2D eigenvalue weighted by Crippen LogP contribution is 2.48. The number of anilines is 2. The minimum atomic E-state index is -0.500. The molecule has 198 valence electrons. The molecule has 2 aliphatic rings. The molecule has 3 aromatic rings. The first-order chi connectivity index (χ1) is 18.2. The number of hydrogen-bond donors (Lipinski definition) is 1. The Balaban J connectivity index is 1.48. The fourth-order valence-electron chi connectivity index (χ4n) is 6.30. The van der Waals surface area contributed by atoms with Gasteiger partial charge in [0, 0.05) is 37.6 Å². The summed E-state index contributed by atoms with van der Waals surface area (Å²) in [5.74, 6) is 1.76. The van der Waals surface area contributed by atoms with E-state index in [1.807, 2.05) is 11.6 Å². The number of aromatic nitrogens is 5. The van der Waals surface area contributed by atoms with Crippen LogP contribution in [0.5, 0.6) is 11.8 Å². The summed E-state index contributed by atoms with van der Waals surface area (Å²) in [5.41, 5.74) is -0.496. The maximum absolute atomic E-state index is 13.9. The lowest BCUT2D eigenvalue weighted by molar-refractivity contribution is 0.317. The van der Waals surface area contributed by atoms with Crippen molar-refractivity contribution >= 4 is 78.5 Å². The lowest BCUT2D eigenvalue weighted by Gasteiger charge is -2.52. The van der Waals surface area contributed by atoms with Crippen LogP contribution >= 0.6 is 11.6 Å². The molecule has 1 aromatic carbocycles. The van der Waals surface area contributed by atoms with Crippen molar-refractivity contribution in [2.24, 2.45) is 11.8 Å². The number of ether oxygens (including phenoxy) is 1. The van der Waals surface area contributed by atoms with Crippen LogP contribution in [0.1, 0.15) is 18.7 Å². The summed E-state index contributed by atoms with van der Waals surface area (Å²) in [6, 6.07) is 5.44. The highest BCUT2D eigenvalue weighted by molar-refractivity contribution is 6.68. The fourth-order valence-corrected chi connectivity index (χ4v) is 6.47. The molecule has 2 bridgehead atoms. The molecule has 0 radical (unpaired) electrons. The average molecular weight is 545 g/mol. The van der Waals surface area contributed by atoms with Crippen LogP contribution in [-0.4, -0.2) is 99.0 Å². The Morgan fingerprint density at radius 3 is 2.23 bits per heavy atom. The number of rotatable bonds is 8. The monoisotopic (exact) mass is 545 g/mol. The Bertz CT molecular complexity index is 1340. The number of halogens is 2. The van der Waals surface area contributed by atoms with Gasteiger partial charge in [-0.1, -0.05) is 26.9 Å². The van der Waals surface area contributed by atoms with Gasteiger partial charge in [0.15, 0.2) is 0 Å². The summed E-state index contributed by atoms with van der Waals surface area (Å²) in [6.45, 7) is 3.47. The average Bonchev–Trinajstić information content (AvgIpc) is 3.50. The number of hydrogen-bond acceptors (Lipinski definition) is 8. The summed E-state index contributed by atoms with van der Waals surface area (Å²) in [7, 11) is 15.4. The van der Waals surface area contributed by atoms with E-state index in [1.54, 1.807) is 6.07 Å². The van der Waals surface area contributed by atoms with Crippen LogP contribution in [0, 0.1) is 24.6 Å². The van der Waals surface area contributed by atoms with Gasteiger partial charge in [-0.25, -0.2) is 9.07 Å². The van der Waals surface area contributed by atoms with Gasteiger partial charge in [0.2, 0.25) is 11.8 Å². The predicted molar refractivity (Wildman–Crippen MR) is 170 cm³/mol. The third-order valence-corrected chi connectivity index (χ3v) is 9.23. The molecule has 39 heavy (non-hydrogen) atoms.